The van der Waals surface area contributed by atoms with E-state index in [1.165, 1.54) is 24.3 Å². The number of sulfone groups is 1. The zero-order valence-corrected chi connectivity index (χ0v) is 15.7. The van der Waals surface area contributed by atoms with Gasteiger partial charge in [0.1, 0.15) is 16.7 Å². The van der Waals surface area contributed by atoms with Crippen LogP contribution in [0.3, 0.4) is 0 Å². The molecule has 2 aliphatic rings. The second-order valence-electron chi connectivity index (χ2n) is 5.62. The van der Waals surface area contributed by atoms with Crippen molar-refractivity contribution in [3.8, 4) is 0 Å². The van der Waals surface area contributed by atoms with E-state index in [0.717, 1.165) is 22.1 Å². The molecule has 1 fully saturated rings. The summed E-state index contributed by atoms with van der Waals surface area (Å²) < 4.78 is 36.6. The molecule has 6 nitrogen and oxygen atoms in total. The average molecular weight is 412 g/mol. The van der Waals surface area contributed by atoms with Crippen LogP contribution in [0.4, 0.5) is 4.39 Å². The maximum atomic E-state index is 13.7. The predicted molar refractivity (Wildman–Crippen MR) is 101 cm³/mol. The molecule has 0 aliphatic carbocycles. The van der Waals surface area contributed by atoms with E-state index in [1.807, 2.05) is 0 Å². The van der Waals surface area contributed by atoms with Gasteiger partial charge in [-0.05, 0) is 18.2 Å². The van der Waals surface area contributed by atoms with Gasteiger partial charge in [0.2, 0.25) is 5.91 Å². The lowest BCUT2D eigenvalue weighted by Gasteiger charge is -2.16. The van der Waals surface area contributed by atoms with Gasteiger partial charge < -0.3 is 5.32 Å². The molecule has 0 aromatic heterocycles. The molecular formula is C16H13FN2O4S3. The number of benzene rings is 1. The van der Waals surface area contributed by atoms with E-state index in [9.17, 15) is 22.4 Å². The Bertz CT molecular complexity index is 956. The van der Waals surface area contributed by atoms with E-state index in [4.69, 9.17) is 12.2 Å². The Kier molecular flexibility index (Phi) is 5.26. The molecule has 10 heteroatoms. The fourth-order valence-corrected chi connectivity index (χ4v) is 4.91. The number of carbonyl (C=O) groups is 2. The standard InChI is InChI=1S/C16H13FN2O4S3/c17-12-4-2-1-3-10(12)7-13-15(21)19(16(24)25-13)8-14(20)18-11-5-6-26(22,23)9-11/h1-7,11H,8-9H2,(H,18,20)/b13-7-/t11-/m0/s1. The molecule has 2 aliphatic heterocycles. The molecule has 26 heavy (non-hydrogen) atoms. The SMILES string of the molecule is O=C(CN1C(=O)/C(=C/c2ccccc2F)SC1=S)N[C@H]1C=CS(=O)(=O)C1. The van der Waals surface area contributed by atoms with E-state index in [0.29, 0.717) is 0 Å². The Labute approximate surface area is 159 Å². The van der Waals surface area contributed by atoms with Crippen molar-refractivity contribution < 1.29 is 22.4 Å². The topological polar surface area (TPSA) is 83.6 Å². The monoisotopic (exact) mass is 412 g/mol. The van der Waals surface area contributed by atoms with Gasteiger partial charge in [-0.25, -0.2) is 12.8 Å². The minimum absolute atomic E-state index is 0.183. The molecule has 1 N–H and O–H groups in total. The average Bonchev–Trinajstić information content (AvgIpc) is 3.03. The third kappa shape index (κ3) is 4.19. The smallest absolute Gasteiger partial charge is 0.266 e. The summed E-state index contributed by atoms with van der Waals surface area (Å²) in [5.74, 6) is -1.69. The fraction of sp³-hybridized carbons (Fsp3) is 0.188. The summed E-state index contributed by atoms with van der Waals surface area (Å²) in [4.78, 5) is 25.9. The van der Waals surface area contributed by atoms with Crippen molar-refractivity contribution in [2.75, 3.05) is 12.3 Å². The van der Waals surface area contributed by atoms with Crippen molar-refractivity contribution in [2.24, 2.45) is 0 Å². The third-order valence-corrected chi connectivity index (χ3v) is 6.42. The number of amides is 2. The van der Waals surface area contributed by atoms with Gasteiger partial charge in [-0.2, -0.15) is 0 Å². The molecule has 0 radical (unpaired) electrons. The van der Waals surface area contributed by atoms with Gasteiger partial charge in [0.15, 0.2) is 9.84 Å². The first-order valence-electron chi connectivity index (χ1n) is 7.45. The molecule has 1 aromatic carbocycles. The molecule has 3 rings (SSSR count). The summed E-state index contributed by atoms with van der Waals surface area (Å²) in [5, 5.41) is 3.58. The first kappa shape index (κ1) is 18.7. The second kappa shape index (κ2) is 7.29. The van der Waals surface area contributed by atoms with Gasteiger partial charge in [-0.3, -0.25) is 14.5 Å². The van der Waals surface area contributed by atoms with Crippen LogP contribution in [0.5, 0.6) is 0 Å². The molecule has 1 aromatic rings. The van der Waals surface area contributed by atoms with Gasteiger partial charge in [0.05, 0.1) is 16.7 Å². The number of hydrogen-bond acceptors (Lipinski definition) is 6. The number of halogens is 1. The summed E-state index contributed by atoms with van der Waals surface area (Å²) in [6.45, 7) is -0.330. The lowest BCUT2D eigenvalue weighted by Crippen LogP contribution is -2.43. The number of thiocarbonyl (C=S) groups is 1. The van der Waals surface area contributed by atoms with Gasteiger partial charge >= 0.3 is 0 Å². The van der Waals surface area contributed by atoms with Crippen LogP contribution in [-0.2, 0) is 19.4 Å². The molecular weight excluding hydrogens is 399 g/mol. The van der Waals surface area contributed by atoms with Crippen molar-refractivity contribution >= 4 is 56.0 Å². The summed E-state index contributed by atoms with van der Waals surface area (Å²) in [7, 11) is -3.29. The zero-order chi connectivity index (χ0) is 18.9. The van der Waals surface area contributed by atoms with Crippen LogP contribution >= 0.6 is 24.0 Å². The number of hydrogen-bond donors (Lipinski definition) is 1. The van der Waals surface area contributed by atoms with Crippen LogP contribution < -0.4 is 5.32 Å². The minimum Gasteiger partial charge on any atom is -0.347 e. The lowest BCUT2D eigenvalue weighted by atomic mass is 10.2. The first-order valence-corrected chi connectivity index (χ1v) is 10.4. The number of nitrogens with zero attached hydrogens (tertiary/aromatic N) is 1. The molecule has 0 saturated carbocycles. The molecule has 136 valence electrons. The summed E-state index contributed by atoms with van der Waals surface area (Å²) in [5.41, 5.74) is 0.249. The van der Waals surface area contributed by atoms with Gasteiger partial charge in [0.25, 0.3) is 5.91 Å². The molecule has 0 spiro atoms. The molecule has 2 amide bonds. The predicted octanol–water partition coefficient (Wildman–Crippen LogP) is 1.45. The van der Waals surface area contributed by atoms with Crippen molar-refractivity contribution in [1.29, 1.82) is 0 Å². The normalized spacial score (nSPS) is 23.0. The second-order valence-corrected chi connectivity index (χ2v) is 9.23. The van der Waals surface area contributed by atoms with E-state index in [1.54, 1.807) is 12.1 Å². The maximum absolute atomic E-state index is 13.7. The number of carbonyl (C=O) groups excluding carboxylic acids is 2. The van der Waals surface area contributed by atoms with Crippen LogP contribution in [0.25, 0.3) is 6.08 Å². The van der Waals surface area contributed by atoms with E-state index < -0.39 is 33.5 Å². The summed E-state index contributed by atoms with van der Waals surface area (Å²) in [6, 6.07) is 5.37. The van der Waals surface area contributed by atoms with E-state index >= 15 is 0 Å². The van der Waals surface area contributed by atoms with Gasteiger partial charge in [-0.15, -0.1) is 0 Å². The van der Waals surface area contributed by atoms with Crippen molar-refractivity contribution in [1.82, 2.24) is 10.2 Å². The Morgan fingerprint density at radius 2 is 2.15 bits per heavy atom. The van der Waals surface area contributed by atoms with Crippen LogP contribution in [0.15, 0.2) is 40.7 Å². The van der Waals surface area contributed by atoms with Gasteiger partial charge in [-0.1, -0.05) is 42.2 Å². The first-order chi connectivity index (χ1) is 12.2. The maximum Gasteiger partial charge on any atom is 0.266 e. The number of rotatable bonds is 4. The van der Waals surface area contributed by atoms with Crippen LogP contribution in [0, 0.1) is 5.82 Å². The van der Waals surface area contributed by atoms with Gasteiger partial charge in [0, 0.05) is 11.0 Å². The largest absolute Gasteiger partial charge is 0.347 e. The Hall–Kier alpha value is -2.04. The zero-order valence-electron chi connectivity index (χ0n) is 13.2. The van der Waals surface area contributed by atoms with Crippen LogP contribution in [0.2, 0.25) is 0 Å². The highest BCUT2D eigenvalue weighted by Gasteiger charge is 2.34. The summed E-state index contributed by atoms with van der Waals surface area (Å²) >= 11 is 6.11. The molecule has 1 saturated heterocycles. The Balaban J connectivity index is 1.67. The fourth-order valence-electron chi connectivity index (χ4n) is 2.43. The highest BCUT2D eigenvalue weighted by Crippen LogP contribution is 2.32. The van der Waals surface area contributed by atoms with Crippen molar-refractivity contribution in [2.45, 2.75) is 6.04 Å². The van der Waals surface area contributed by atoms with E-state index in [-0.39, 0.29) is 27.1 Å². The highest BCUT2D eigenvalue weighted by molar-refractivity contribution is 8.26. The molecule has 0 unspecified atom stereocenters. The summed E-state index contributed by atoms with van der Waals surface area (Å²) in [6.07, 6.45) is 2.77. The Morgan fingerprint density at radius 1 is 1.42 bits per heavy atom. The quantitative estimate of drug-likeness (QED) is 0.595. The van der Waals surface area contributed by atoms with E-state index in [2.05, 4.69) is 5.32 Å². The molecule has 2 heterocycles. The van der Waals surface area contributed by atoms with Crippen molar-refractivity contribution in [3.05, 3.63) is 52.0 Å². The van der Waals surface area contributed by atoms with Crippen LogP contribution in [0.1, 0.15) is 5.56 Å². The third-order valence-electron chi connectivity index (χ3n) is 3.64. The molecule has 1 atom stereocenters. The molecule has 0 bridgehead atoms. The number of nitrogens with one attached hydrogen (secondary N) is 1. The lowest BCUT2D eigenvalue weighted by molar-refractivity contribution is -0.128. The highest BCUT2D eigenvalue weighted by atomic mass is 32.2. The number of thioether (sulfide) groups is 1. The minimum atomic E-state index is -3.29. The van der Waals surface area contributed by atoms with Crippen LogP contribution in [-0.4, -0.2) is 47.8 Å². The Morgan fingerprint density at radius 3 is 2.81 bits per heavy atom. The van der Waals surface area contributed by atoms with Crippen molar-refractivity contribution in [3.63, 3.8) is 0 Å².